The molecule has 0 spiro atoms. The molecule has 2 aromatic rings. The van der Waals surface area contributed by atoms with E-state index >= 15 is 0 Å². The highest BCUT2D eigenvalue weighted by atomic mass is 32.2. The summed E-state index contributed by atoms with van der Waals surface area (Å²) in [6, 6.07) is 17.5. The third-order valence-corrected chi connectivity index (χ3v) is 6.66. The van der Waals surface area contributed by atoms with Crippen molar-refractivity contribution in [2.45, 2.75) is 18.5 Å². The van der Waals surface area contributed by atoms with E-state index in [1.165, 1.54) is 4.90 Å². The number of hydrogen-bond acceptors (Lipinski definition) is 6. The fourth-order valence-electron chi connectivity index (χ4n) is 4.08. The number of ether oxygens (including phenoxy) is 1. The van der Waals surface area contributed by atoms with E-state index in [4.69, 9.17) is 4.74 Å². The van der Waals surface area contributed by atoms with E-state index in [-0.39, 0.29) is 18.5 Å². The molecule has 162 valence electrons. The summed E-state index contributed by atoms with van der Waals surface area (Å²) in [6.07, 6.45) is 0. The van der Waals surface area contributed by atoms with Crippen molar-refractivity contribution in [2.24, 2.45) is 0 Å². The van der Waals surface area contributed by atoms with Crippen molar-refractivity contribution in [2.75, 3.05) is 31.3 Å². The van der Waals surface area contributed by atoms with Crippen LogP contribution < -0.4 is 5.32 Å². The fourth-order valence-corrected chi connectivity index (χ4v) is 5.18. The third-order valence-electron chi connectivity index (χ3n) is 5.64. The van der Waals surface area contributed by atoms with Crippen molar-refractivity contribution in [1.82, 2.24) is 15.1 Å². The van der Waals surface area contributed by atoms with Crippen molar-refractivity contribution < 1.29 is 19.1 Å². The molecule has 2 aliphatic rings. The fraction of sp³-hybridized carbons (Fsp3) is 0.348. The van der Waals surface area contributed by atoms with E-state index in [1.54, 1.807) is 18.7 Å². The summed E-state index contributed by atoms with van der Waals surface area (Å²) in [7, 11) is 0. The molecule has 8 heteroatoms. The summed E-state index contributed by atoms with van der Waals surface area (Å²) in [4.78, 5) is 42.4. The predicted molar refractivity (Wildman–Crippen MR) is 118 cm³/mol. The zero-order valence-electron chi connectivity index (χ0n) is 17.3. The predicted octanol–water partition coefficient (Wildman–Crippen LogP) is 2.42. The van der Waals surface area contributed by atoms with Gasteiger partial charge in [0, 0.05) is 18.1 Å². The van der Waals surface area contributed by atoms with Gasteiger partial charge in [-0.2, -0.15) is 11.8 Å². The second-order valence-electron chi connectivity index (χ2n) is 7.44. The lowest BCUT2D eigenvalue weighted by Gasteiger charge is -2.35. The Morgan fingerprint density at radius 2 is 1.71 bits per heavy atom. The number of hydrogen-bond donors (Lipinski definition) is 1. The molecule has 1 atom stereocenters. The lowest BCUT2D eigenvalue weighted by molar-refractivity contribution is -0.150. The van der Waals surface area contributed by atoms with Crippen LogP contribution in [-0.2, 0) is 19.9 Å². The Kier molecular flexibility index (Phi) is 6.29. The molecule has 2 aliphatic heterocycles. The first-order valence-corrected chi connectivity index (χ1v) is 11.5. The van der Waals surface area contributed by atoms with E-state index in [0.29, 0.717) is 30.0 Å². The molecule has 3 amide bonds. The van der Waals surface area contributed by atoms with Crippen LogP contribution in [0, 0.1) is 0 Å². The maximum atomic E-state index is 13.8. The Bertz CT molecular complexity index is 914. The smallest absolute Gasteiger partial charge is 0.326 e. The van der Waals surface area contributed by atoms with Gasteiger partial charge in [-0.1, -0.05) is 60.7 Å². The molecule has 2 aromatic carbocycles. The number of urea groups is 1. The summed E-state index contributed by atoms with van der Waals surface area (Å²) >= 11 is 1.67. The molecule has 0 aromatic heterocycles. The van der Waals surface area contributed by atoms with Gasteiger partial charge < -0.3 is 10.1 Å². The number of esters is 1. The Morgan fingerprint density at radius 1 is 1.10 bits per heavy atom. The Morgan fingerprint density at radius 3 is 2.29 bits per heavy atom. The molecule has 2 saturated heterocycles. The molecule has 7 nitrogen and oxygen atoms in total. The van der Waals surface area contributed by atoms with Crippen LogP contribution in [0.3, 0.4) is 0 Å². The normalized spacial score (nSPS) is 21.1. The first-order chi connectivity index (χ1) is 15.1. The lowest BCUT2D eigenvalue weighted by atomic mass is 9.83. The highest BCUT2D eigenvalue weighted by Gasteiger charge is 2.54. The average Bonchev–Trinajstić information content (AvgIpc) is 3.06. The molecule has 2 heterocycles. The number of benzene rings is 2. The summed E-state index contributed by atoms with van der Waals surface area (Å²) in [5, 5.41) is 2.95. The second-order valence-corrected chi connectivity index (χ2v) is 8.59. The minimum absolute atomic E-state index is 0.0378. The van der Waals surface area contributed by atoms with Gasteiger partial charge in [0.25, 0.3) is 5.91 Å². The number of rotatable bonds is 6. The van der Waals surface area contributed by atoms with Crippen molar-refractivity contribution in [1.29, 1.82) is 0 Å². The van der Waals surface area contributed by atoms with Crippen molar-refractivity contribution >= 4 is 29.7 Å². The van der Waals surface area contributed by atoms with Crippen molar-refractivity contribution in [3.8, 4) is 0 Å². The molecule has 0 saturated carbocycles. The first kappa shape index (κ1) is 21.4. The van der Waals surface area contributed by atoms with Crippen LogP contribution in [0.25, 0.3) is 0 Å². The summed E-state index contributed by atoms with van der Waals surface area (Å²) in [6.45, 7) is 2.69. The van der Waals surface area contributed by atoms with Gasteiger partial charge >= 0.3 is 12.0 Å². The van der Waals surface area contributed by atoms with Crippen molar-refractivity contribution in [3.05, 3.63) is 71.8 Å². The van der Waals surface area contributed by atoms with Crippen LogP contribution in [0.2, 0.25) is 0 Å². The van der Waals surface area contributed by atoms with Crippen LogP contribution in [0.5, 0.6) is 0 Å². The molecule has 2 fully saturated rings. The number of nitrogens with one attached hydrogen (secondary N) is 1. The zero-order chi connectivity index (χ0) is 21.8. The van der Waals surface area contributed by atoms with Crippen LogP contribution in [0.15, 0.2) is 60.7 Å². The molecule has 0 aliphatic carbocycles. The lowest BCUT2D eigenvalue weighted by Crippen LogP contribution is -2.54. The van der Waals surface area contributed by atoms with E-state index in [9.17, 15) is 14.4 Å². The quantitative estimate of drug-likeness (QED) is 0.550. The maximum absolute atomic E-state index is 13.8. The first-order valence-electron chi connectivity index (χ1n) is 10.3. The Hall–Kier alpha value is -2.84. The maximum Gasteiger partial charge on any atom is 0.326 e. The van der Waals surface area contributed by atoms with E-state index in [1.807, 2.05) is 65.6 Å². The number of amides is 3. The van der Waals surface area contributed by atoms with E-state index in [2.05, 4.69) is 5.32 Å². The Balaban J connectivity index is 1.67. The number of thioether (sulfide) groups is 1. The molecule has 4 rings (SSSR count). The van der Waals surface area contributed by atoms with Gasteiger partial charge in [0.1, 0.15) is 6.04 Å². The number of nitrogens with zero attached hydrogens (tertiary/aromatic N) is 2. The second kappa shape index (κ2) is 9.11. The summed E-state index contributed by atoms with van der Waals surface area (Å²) in [5.74, 6) is 0.724. The van der Waals surface area contributed by atoms with Gasteiger partial charge in [0.15, 0.2) is 5.54 Å². The van der Waals surface area contributed by atoms with E-state index in [0.717, 1.165) is 5.75 Å². The van der Waals surface area contributed by atoms with Crippen LogP contribution in [0.4, 0.5) is 4.79 Å². The van der Waals surface area contributed by atoms with Gasteiger partial charge in [0.05, 0.1) is 13.3 Å². The van der Waals surface area contributed by atoms with Gasteiger partial charge in [0.2, 0.25) is 0 Å². The van der Waals surface area contributed by atoms with Crippen LogP contribution in [0.1, 0.15) is 18.1 Å². The van der Waals surface area contributed by atoms with Crippen LogP contribution in [-0.4, -0.2) is 65.1 Å². The topological polar surface area (TPSA) is 79.0 Å². The molecule has 31 heavy (non-hydrogen) atoms. The van der Waals surface area contributed by atoms with E-state index < -0.39 is 17.6 Å². The molecule has 0 radical (unpaired) electrons. The number of carbonyl (C=O) groups excluding carboxylic acids is 3. The number of carbonyl (C=O) groups is 3. The van der Waals surface area contributed by atoms with Gasteiger partial charge in [-0.05, 0) is 18.1 Å². The SMILES string of the molecule is CCOC(=O)C1CSCCN1CN1C(=O)NC(c2ccccc2)(c2ccccc2)C1=O. The largest absolute Gasteiger partial charge is 0.465 e. The molecule has 1 unspecified atom stereocenters. The minimum Gasteiger partial charge on any atom is -0.465 e. The monoisotopic (exact) mass is 439 g/mol. The molecular weight excluding hydrogens is 414 g/mol. The third kappa shape index (κ3) is 3.93. The number of imide groups is 1. The average molecular weight is 440 g/mol. The van der Waals surface area contributed by atoms with Crippen LogP contribution >= 0.6 is 11.8 Å². The summed E-state index contributed by atoms with van der Waals surface area (Å²) in [5.41, 5.74) is 0.0835. The molecule has 1 N–H and O–H groups in total. The summed E-state index contributed by atoms with van der Waals surface area (Å²) < 4.78 is 5.21. The van der Waals surface area contributed by atoms with Gasteiger partial charge in [-0.15, -0.1) is 0 Å². The Labute approximate surface area is 185 Å². The minimum atomic E-state index is -1.30. The standard InChI is InChI=1S/C23H25N3O4S/c1-2-30-20(27)19-15-31-14-13-25(19)16-26-21(28)23(24-22(26)29,17-9-5-3-6-10-17)18-11-7-4-8-12-18/h3-12,19H,2,13-16H2,1H3,(H,24,29). The van der Waals surface area contributed by atoms with Crippen molar-refractivity contribution in [3.63, 3.8) is 0 Å². The highest BCUT2D eigenvalue weighted by Crippen LogP contribution is 2.36. The van der Waals surface area contributed by atoms with Gasteiger partial charge in [-0.25, -0.2) is 9.69 Å². The molecular formula is C23H25N3O4S. The zero-order valence-corrected chi connectivity index (χ0v) is 18.1. The van der Waals surface area contributed by atoms with Gasteiger partial charge in [-0.3, -0.25) is 14.5 Å². The molecule has 0 bridgehead atoms. The highest BCUT2D eigenvalue weighted by molar-refractivity contribution is 7.99.